The van der Waals surface area contributed by atoms with Crippen molar-refractivity contribution in [2.75, 3.05) is 5.32 Å². The monoisotopic (exact) mass is 366 g/mol. The van der Waals surface area contributed by atoms with Gasteiger partial charge in [-0.05, 0) is 46.9 Å². The summed E-state index contributed by atoms with van der Waals surface area (Å²) in [5.74, 6) is 0.867. The van der Waals surface area contributed by atoms with E-state index < -0.39 is 0 Å². The van der Waals surface area contributed by atoms with Crippen molar-refractivity contribution in [3.8, 4) is 11.1 Å². The maximum atomic E-state index is 13.0. The molecule has 0 spiro atoms. The fraction of sp³-hybridized carbons (Fsp3) is 0.120. The third kappa shape index (κ3) is 3.65. The van der Waals surface area contributed by atoms with E-state index in [1.165, 1.54) is 5.56 Å². The third-order valence-corrected chi connectivity index (χ3v) is 4.90. The lowest BCUT2D eigenvalue weighted by Crippen LogP contribution is -2.14. The summed E-state index contributed by atoms with van der Waals surface area (Å²) in [4.78, 5) is 17.5. The Morgan fingerprint density at radius 1 is 0.821 bits per heavy atom. The molecular weight excluding hydrogens is 344 g/mol. The predicted molar refractivity (Wildman–Crippen MR) is 116 cm³/mol. The van der Waals surface area contributed by atoms with Gasteiger partial charge >= 0.3 is 0 Å². The average molecular weight is 366 g/mol. The number of benzene rings is 3. The summed E-state index contributed by atoms with van der Waals surface area (Å²) in [7, 11) is 0. The first-order chi connectivity index (χ1) is 13.6. The molecule has 1 N–H and O–H groups in total. The van der Waals surface area contributed by atoms with Gasteiger partial charge in [0.15, 0.2) is 0 Å². The molecule has 0 aliphatic heterocycles. The molecule has 0 saturated carbocycles. The second kappa shape index (κ2) is 7.65. The highest BCUT2D eigenvalue weighted by molar-refractivity contribution is 6.08. The summed E-state index contributed by atoms with van der Waals surface area (Å²) in [5, 5.41) is 3.99. The average Bonchev–Trinajstić information content (AvgIpc) is 2.73. The summed E-state index contributed by atoms with van der Waals surface area (Å²) in [6.07, 6.45) is 0. The second-order valence-corrected chi connectivity index (χ2v) is 7.17. The predicted octanol–water partition coefficient (Wildman–Crippen LogP) is 6.28. The van der Waals surface area contributed by atoms with E-state index in [4.69, 9.17) is 0 Å². The number of anilines is 1. The number of nitrogens with one attached hydrogen (secondary N) is 1. The van der Waals surface area contributed by atoms with Crippen LogP contribution in [0.1, 0.15) is 35.7 Å². The van der Waals surface area contributed by atoms with Crippen molar-refractivity contribution >= 4 is 22.6 Å². The number of aromatic nitrogens is 1. The van der Waals surface area contributed by atoms with Gasteiger partial charge < -0.3 is 5.32 Å². The van der Waals surface area contributed by atoms with Crippen LogP contribution in [0.2, 0.25) is 0 Å². The van der Waals surface area contributed by atoms with E-state index in [2.05, 4.69) is 48.4 Å². The van der Waals surface area contributed by atoms with Gasteiger partial charge in [-0.25, -0.2) is 4.98 Å². The van der Waals surface area contributed by atoms with E-state index in [0.717, 1.165) is 22.0 Å². The molecule has 0 unspecified atom stereocenters. The Bertz CT molecular complexity index is 1130. The minimum atomic E-state index is -0.161. The number of para-hydroxylation sites is 1. The van der Waals surface area contributed by atoms with Gasteiger partial charge in [-0.2, -0.15) is 0 Å². The Hall–Kier alpha value is -3.46. The topological polar surface area (TPSA) is 42.0 Å². The van der Waals surface area contributed by atoms with Crippen LogP contribution >= 0.6 is 0 Å². The number of hydrogen-bond acceptors (Lipinski definition) is 2. The maximum Gasteiger partial charge on any atom is 0.257 e. The van der Waals surface area contributed by atoms with E-state index in [-0.39, 0.29) is 5.91 Å². The van der Waals surface area contributed by atoms with E-state index in [0.29, 0.717) is 17.3 Å². The van der Waals surface area contributed by atoms with Gasteiger partial charge in [0.25, 0.3) is 5.91 Å². The molecular formula is C25H22N2O. The van der Waals surface area contributed by atoms with Crippen molar-refractivity contribution in [3.05, 3.63) is 96.1 Å². The number of amides is 1. The smallest absolute Gasteiger partial charge is 0.257 e. The van der Waals surface area contributed by atoms with Crippen LogP contribution in [0.4, 0.5) is 5.82 Å². The van der Waals surface area contributed by atoms with Crippen LogP contribution in [-0.4, -0.2) is 10.9 Å². The zero-order valence-electron chi connectivity index (χ0n) is 16.0. The summed E-state index contributed by atoms with van der Waals surface area (Å²) < 4.78 is 0. The Balaban J connectivity index is 1.64. The van der Waals surface area contributed by atoms with Crippen molar-refractivity contribution < 1.29 is 4.79 Å². The molecule has 0 atom stereocenters. The number of fused-ring (bicyclic) bond motifs is 1. The van der Waals surface area contributed by atoms with Crippen molar-refractivity contribution in [2.24, 2.45) is 0 Å². The lowest BCUT2D eigenvalue weighted by molar-refractivity contribution is 0.102. The summed E-state index contributed by atoms with van der Waals surface area (Å²) in [6.45, 7) is 4.35. The normalized spacial score (nSPS) is 11.0. The lowest BCUT2D eigenvalue weighted by Gasteiger charge is -2.12. The van der Waals surface area contributed by atoms with Gasteiger partial charge in [-0.1, -0.05) is 74.5 Å². The zero-order valence-corrected chi connectivity index (χ0v) is 16.0. The third-order valence-electron chi connectivity index (χ3n) is 4.90. The molecule has 4 rings (SSSR count). The molecule has 3 nitrogen and oxygen atoms in total. The zero-order chi connectivity index (χ0) is 19.5. The van der Waals surface area contributed by atoms with Gasteiger partial charge in [0.1, 0.15) is 5.82 Å². The first-order valence-corrected chi connectivity index (χ1v) is 9.48. The molecule has 4 aromatic rings. The van der Waals surface area contributed by atoms with Crippen LogP contribution in [0.5, 0.6) is 0 Å². The summed E-state index contributed by atoms with van der Waals surface area (Å²) in [6, 6.07) is 27.7. The second-order valence-electron chi connectivity index (χ2n) is 7.17. The van der Waals surface area contributed by atoms with Crippen LogP contribution < -0.4 is 5.32 Å². The van der Waals surface area contributed by atoms with Gasteiger partial charge in [0, 0.05) is 10.9 Å². The molecule has 138 valence electrons. The van der Waals surface area contributed by atoms with Crippen molar-refractivity contribution in [1.82, 2.24) is 4.98 Å². The Morgan fingerprint density at radius 2 is 1.54 bits per heavy atom. The van der Waals surface area contributed by atoms with Crippen LogP contribution in [-0.2, 0) is 0 Å². The van der Waals surface area contributed by atoms with E-state index in [1.807, 2.05) is 60.7 Å². The summed E-state index contributed by atoms with van der Waals surface area (Å²) in [5.41, 5.74) is 4.72. The molecule has 0 bridgehead atoms. The van der Waals surface area contributed by atoms with Gasteiger partial charge in [-0.3, -0.25) is 4.79 Å². The number of carbonyl (C=O) groups is 1. The van der Waals surface area contributed by atoms with Crippen LogP contribution in [0.3, 0.4) is 0 Å². The highest BCUT2D eigenvalue weighted by Gasteiger charge is 2.13. The van der Waals surface area contributed by atoms with E-state index in [1.54, 1.807) is 0 Å². The molecule has 0 radical (unpaired) electrons. The highest BCUT2D eigenvalue weighted by atomic mass is 16.1. The molecule has 0 aliphatic carbocycles. The van der Waals surface area contributed by atoms with Crippen LogP contribution in [0, 0.1) is 0 Å². The Morgan fingerprint density at radius 3 is 2.32 bits per heavy atom. The van der Waals surface area contributed by atoms with Crippen molar-refractivity contribution in [3.63, 3.8) is 0 Å². The van der Waals surface area contributed by atoms with E-state index >= 15 is 0 Å². The minimum absolute atomic E-state index is 0.161. The molecule has 0 fully saturated rings. The van der Waals surface area contributed by atoms with Crippen LogP contribution in [0.15, 0.2) is 84.9 Å². The summed E-state index contributed by atoms with van der Waals surface area (Å²) >= 11 is 0. The minimum Gasteiger partial charge on any atom is -0.307 e. The number of rotatable bonds is 4. The molecule has 1 aromatic heterocycles. The molecule has 0 aliphatic rings. The SMILES string of the molecule is CC(C)c1ccc(-c2ccccc2C(=O)Nc2ccc3ccccc3n2)cc1. The fourth-order valence-electron chi connectivity index (χ4n) is 3.30. The first kappa shape index (κ1) is 17.9. The fourth-order valence-corrected chi connectivity index (χ4v) is 3.30. The molecule has 1 amide bonds. The molecule has 1 heterocycles. The highest BCUT2D eigenvalue weighted by Crippen LogP contribution is 2.26. The standard InChI is InChI=1S/C25H22N2O/c1-17(2)18-11-13-19(14-12-18)21-8-4-5-9-22(21)25(28)27-24-16-15-20-7-3-6-10-23(20)26-24/h3-17H,1-2H3,(H,26,27,28). The number of pyridine rings is 1. The molecule has 28 heavy (non-hydrogen) atoms. The largest absolute Gasteiger partial charge is 0.307 e. The van der Waals surface area contributed by atoms with Crippen molar-refractivity contribution in [2.45, 2.75) is 19.8 Å². The van der Waals surface area contributed by atoms with Gasteiger partial charge in [0.2, 0.25) is 0 Å². The van der Waals surface area contributed by atoms with Crippen molar-refractivity contribution in [1.29, 1.82) is 0 Å². The van der Waals surface area contributed by atoms with Gasteiger partial charge in [0.05, 0.1) is 5.52 Å². The maximum absolute atomic E-state index is 13.0. The first-order valence-electron chi connectivity index (χ1n) is 9.48. The molecule has 3 heteroatoms. The lowest BCUT2D eigenvalue weighted by atomic mass is 9.96. The molecule has 3 aromatic carbocycles. The quantitative estimate of drug-likeness (QED) is 0.462. The molecule has 0 saturated heterocycles. The number of carbonyl (C=O) groups excluding carboxylic acids is 1. The van der Waals surface area contributed by atoms with Gasteiger partial charge in [-0.15, -0.1) is 0 Å². The van der Waals surface area contributed by atoms with E-state index in [9.17, 15) is 4.79 Å². The Labute approximate surface area is 165 Å². The van der Waals surface area contributed by atoms with Crippen LogP contribution in [0.25, 0.3) is 22.0 Å². The Kier molecular flexibility index (Phi) is 4.90. The number of nitrogens with zero attached hydrogens (tertiary/aromatic N) is 1. The number of hydrogen-bond donors (Lipinski definition) is 1.